The Balaban J connectivity index is 2.26. The average molecular weight is 255 g/mol. The molecular weight excluding hydrogens is 226 g/mol. The highest BCUT2D eigenvalue weighted by Gasteiger charge is 2.46. The van der Waals surface area contributed by atoms with Crippen LogP contribution in [0.4, 0.5) is 0 Å². The van der Waals surface area contributed by atoms with E-state index in [1.807, 2.05) is 32.8 Å². The van der Waals surface area contributed by atoms with E-state index in [0.29, 0.717) is 19.3 Å². The molecule has 1 saturated heterocycles. The van der Waals surface area contributed by atoms with Crippen molar-refractivity contribution in [2.24, 2.45) is 0 Å². The minimum atomic E-state index is -1.28. The lowest BCUT2D eigenvalue weighted by atomic mass is 9.80. The van der Waals surface area contributed by atoms with E-state index in [1.165, 1.54) is 0 Å². The van der Waals surface area contributed by atoms with Crippen LogP contribution in [0.2, 0.25) is 0 Å². The van der Waals surface area contributed by atoms with Crippen molar-refractivity contribution in [3.8, 4) is 0 Å². The van der Waals surface area contributed by atoms with Gasteiger partial charge < -0.3 is 5.11 Å². The zero-order chi connectivity index (χ0) is 15.2. The number of hydrogen-bond donors (Lipinski definition) is 1. The maximum atomic E-state index is 10.0. The molecule has 2 aliphatic rings. The maximum absolute atomic E-state index is 10.0. The lowest BCUT2D eigenvalue weighted by Crippen LogP contribution is -2.62. The van der Waals surface area contributed by atoms with Crippen LogP contribution in [0.25, 0.3) is 0 Å². The minimum absolute atomic E-state index is 0.251. The van der Waals surface area contributed by atoms with Crippen molar-refractivity contribution in [3.05, 3.63) is 12.1 Å². The van der Waals surface area contributed by atoms with Crippen LogP contribution in [0.3, 0.4) is 0 Å². The molecule has 3 nitrogen and oxygen atoms in total. The second-order valence-corrected chi connectivity index (χ2v) is 6.74. The van der Waals surface area contributed by atoms with Gasteiger partial charge in [-0.05, 0) is 59.8 Å². The van der Waals surface area contributed by atoms with Crippen LogP contribution in [0.15, 0.2) is 12.1 Å². The van der Waals surface area contributed by atoms with Crippen molar-refractivity contribution in [1.29, 1.82) is 0 Å². The molecule has 1 unspecified atom stereocenters. The summed E-state index contributed by atoms with van der Waals surface area (Å²) in [6.45, 7) is 8.10. The van der Waals surface area contributed by atoms with Crippen molar-refractivity contribution in [3.63, 3.8) is 0 Å². The Labute approximate surface area is 114 Å². The van der Waals surface area contributed by atoms with E-state index in [2.05, 4.69) is 0 Å². The summed E-state index contributed by atoms with van der Waals surface area (Å²) in [6, 6.07) is 0.251. The third kappa shape index (κ3) is 2.95. The first-order chi connectivity index (χ1) is 9.07. The van der Waals surface area contributed by atoms with Crippen LogP contribution in [0, 0.1) is 0 Å². The molecular formula is C15H27NO2. The van der Waals surface area contributed by atoms with Crippen molar-refractivity contribution in [2.75, 3.05) is 0 Å². The van der Waals surface area contributed by atoms with E-state index in [1.54, 1.807) is 6.08 Å². The van der Waals surface area contributed by atoms with Gasteiger partial charge in [0.25, 0.3) is 0 Å². The smallest absolute Gasteiger partial charge is 0.0974 e. The molecule has 0 aromatic rings. The van der Waals surface area contributed by atoms with Crippen molar-refractivity contribution in [2.45, 2.75) is 83.1 Å². The third-order valence-corrected chi connectivity index (χ3v) is 3.79. The monoisotopic (exact) mass is 255 g/mol. The van der Waals surface area contributed by atoms with Gasteiger partial charge >= 0.3 is 0 Å². The fourth-order valence-corrected chi connectivity index (χ4v) is 3.26. The summed E-state index contributed by atoms with van der Waals surface area (Å²) in [4.78, 5) is 6.04. The van der Waals surface area contributed by atoms with Crippen molar-refractivity contribution in [1.82, 2.24) is 5.06 Å². The van der Waals surface area contributed by atoms with Gasteiger partial charge in [0, 0.05) is 11.1 Å². The van der Waals surface area contributed by atoms with Gasteiger partial charge in [0.05, 0.1) is 14.9 Å². The molecule has 0 saturated carbocycles. The number of nitrogens with zero attached hydrogens (tertiary/aromatic N) is 1. The summed E-state index contributed by atoms with van der Waals surface area (Å²) in [5, 5.41) is 11.9. The molecule has 18 heavy (non-hydrogen) atoms. The summed E-state index contributed by atoms with van der Waals surface area (Å²) in [6.07, 6.45) is 3.67. The Kier molecular flexibility index (Phi) is 3.15. The van der Waals surface area contributed by atoms with E-state index in [4.69, 9.17) is 7.58 Å². The molecule has 1 heterocycles. The molecule has 0 bridgehead atoms. The first-order valence-corrected chi connectivity index (χ1v) is 6.92. The predicted molar refractivity (Wildman–Crippen MR) is 73.1 cm³/mol. The highest BCUT2D eigenvalue weighted by Crippen LogP contribution is 2.39. The molecule has 0 aromatic heterocycles. The zero-order valence-corrected chi connectivity index (χ0v) is 12.0. The van der Waals surface area contributed by atoms with Gasteiger partial charge in [0.2, 0.25) is 0 Å². The van der Waals surface area contributed by atoms with Crippen molar-refractivity contribution >= 4 is 0 Å². The van der Waals surface area contributed by atoms with Gasteiger partial charge in [0.1, 0.15) is 0 Å². The van der Waals surface area contributed by atoms with Crippen LogP contribution >= 0.6 is 0 Å². The summed E-state index contributed by atoms with van der Waals surface area (Å²) < 4.78 is 16.5. The lowest BCUT2D eigenvalue weighted by molar-refractivity contribution is -0.307. The first kappa shape index (κ1) is 11.4. The Morgan fingerprint density at radius 3 is 2.50 bits per heavy atom. The average Bonchev–Trinajstić information content (AvgIpc) is 2.27. The molecule has 1 aliphatic carbocycles. The van der Waals surface area contributed by atoms with Gasteiger partial charge in [-0.25, -0.2) is 0 Å². The largest absolute Gasteiger partial charge is 0.393 e. The highest BCUT2D eigenvalue weighted by atomic mass is 16.7. The Morgan fingerprint density at radius 1 is 1.33 bits per heavy atom. The number of rotatable bonds is 2. The van der Waals surface area contributed by atoms with Gasteiger partial charge in [-0.2, -0.15) is 5.06 Å². The summed E-state index contributed by atoms with van der Waals surface area (Å²) in [7, 11) is 0. The summed E-state index contributed by atoms with van der Waals surface area (Å²) in [5.41, 5.74) is -0.708. The fraction of sp³-hybridized carbons (Fsp3) is 0.867. The van der Waals surface area contributed by atoms with Crippen LogP contribution in [0.1, 0.15) is 62.5 Å². The van der Waals surface area contributed by atoms with Gasteiger partial charge in [-0.15, -0.1) is 0 Å². The maximum Gasteiger partial charge on any atom is 0.0974 e. The van der Waals surface area contributed by atoms with Gasteiger partial charge in [-0.1, -0.05) is 12.1 Å². The Hall–Kier alpha value is -0.380. The summed E-state index contributed by atoms with van der Waals surface area (Å²) >= 11 is 0. The lowest BCUT2D eigenvalue weighted by Gasteiger charge is -2.53. The highest BCUT2D eigenvalue weighted by molar-refractivity contribution is 4.99. The van der Waals surface area contributed by atoms with Crippen LogP contribution in [-0.4, -0.2) is 33.4 Å². The van der Waals surface area contributed by atoms with Gasteiger partial charge in [-0.3, -0.25) is 4.84 Å². The summed E-state index contributed by atoms with van der Waals surface area (Å²) in [5.74, 6) is 0. The number of hydroxylamine groups is 2. The standard InChI is InChI=1S/C15H27NO2/c1-14(2)10-12(17)11-15(3,4)16(14)18-13-8-6-5-7-9-13/h6,8,12-13,17H,5,7,9-11H2,1-4H3/i8D,13D. The minimum Gasteiger partial charge on any atom is -0.393 e. The number of aliphatic hydroxyl groups is 1. The molecule has 0 aromatic carbocycles. The molecule has 0 radical (unpaired) electrons. The Morgan fingerprint density at radius 2 is 1.94 bits per heavy atom. The van der Waals surface area contributed by atoms with Crippen LogP contribution < -0.4 is 0 Å². The number of hydrogen-bond acceptors (Lipinski definition) is 3. The zero-order valence-electron chi connectivity index (χ0n) is 14.0. The van der Waals surface area contributed by atoms with Crippen LogP contribution in [0.5, 0.6) is 0 Å². The topological polar surface area (TPSA) is 32.7 Å². The predicted octanol–water partition coefficient (Wildman–Crippen LogP) is 3.04. The molecule has 1 aliphatic heterocycles. The molecule has 2 rings (SSSR count). The van der Waals surface area contributed by atoms with E-state index >= 15 is 0 Å². The quantitative estimate of drug-likeness (QED) is 0.770. The first-order valence-electron chi connectivity index (χ1n) is 7.92. The van der Waals surface area contributed by atoms with E-state index in [9.17, 15) is 5.11 Å². The molecule has 1 atom stereocenters. The molecule has 0 amide bonds. The SMILES string of the molecule is [2H]C1=CCCCC1([2H])ON1C(C)(C)CC(O)CC1(C)C. The number of aliphatic hydroxyl groups excluding tert-OH is 1. The van der Waals surface area contributed by atoms with Crippen molar-refractivity contribution < 1.29 is 12.7 Å². The second kappa shape index (κ2) is 4.95. The van der Waals surface area contributed by atoms with Crippen LogP contribution in [-0.2, 0) is 4.84 Å². The molecule has 0 spiro atoms. The normalized spacial score (nSPS) is 38.8. The molecule has 1 fully saturated rings. The number of allylic oxidation sites excluding steroid dienone is 1. The Bertz CT molecular complexity index is 391. The van der Waals surface area contributed by atoms with E-state index in [0.717, 1.165) is 12.8 Å². The fourth-order valence-electron chi connectivity index (χ4n) is 3.26. The number of piperidine rings is 1. The van der Waals surface area contributed by atoms with Gasteiger partial charge in [0.15, 0.2) is 0 Å². The molecule has 104 valence electrons. The molecule has 3 heteroatoms. The van der Waals surface area contributed by atoms with E-state index in [-0.39, 0.29) is 23.2 Å². The third-order valence-electron chi connectivity index (χ3n) is 3.79. The molecule has 1 N–H and O–H groups in total. The second-order valence-electron chi connectivity index (χ2n) is 6.74. The van der Waals surface area contributed by atoms with E-state index < -0.39 is 6.08 Å².